The van der Waals surface area contributed by atoms with E-state index in [1.54, 1.807) is 18.2 Å². The molecule has 1 saturated heterocycles. The average Bonchev–Trinajstić information content (AvgIpc) is 3.10. The van der Waals surface area contributed by atoms with Crippen molar-refractivity contribution in [3.63, 3.8) is 0 Å². The maximum atomic E-state index is 11.0. The van der Waals surface area contributed by atoms with Crippen LogP contribution in [0.4, 0.5) is 5.69 Å². The van der Waals surface area contributed by atoms with E-state index in [9.17, 15) is 10.1 Å². The van der Waals surface area contributed by atoms with Crippen molar-refractivity contribution >= 4 is 17.6 Å². The summed E-state index contributed by atoms with van der Waals surface area (Å²) in [5, 5.41) is 11.0. The Kier molecular flexibility index (Phi) is 3.46. The van der Waals surface area contributed by atoms with Gasteiger partial charge < -0.3 is 0 Å². The van der Waals surface area contributed by atoms with Gasteiger partial charge in [-0.25, -0.2) is 4.31 Å². The van der Waals surface area contributed by atoms with Gasteiger partial charge in [0, 0.05) is 12.1 Å². The van der Waals surface area contributed by atoms with Crippen LogP contribution in [-0.4, -0.2) is 15.3 Å². The molecule has 0 aromatic heterocycles. The monoisotopic (exact) mass is 286 g/mol. The number of para-hydroxylation sites is 1. The van der Waals surface area contributed by atoms with Crippen LogP contribution in [0.15, 0.2) is 59.5 Å². The molecule has 5 heteroatoms. The molecule has 2 aromatic carbocycles. The molecule has 102 valence electrons. The summed E-state index contributed by atoms with van der Waals surface area (Å²) in [6.45, 7) is 2.14. The van der Waals surface area contributed by atoms with Crippen LogP contribution >= 0.6 is 11.9 Å². The predicted molar refractivity (Wildman–Crippen MR) is 79.4 cm³/mol. The van der Waals surface area contributed by atoms with E-state index in [1.807, 2.05) is 24.3 Å². The highest BCUT2D eigenvalue weighted by molar-refractivity contribution is 7.97. The van der Waals surface area contributed by atoms with Gasteiger partial charge in [0.05, 0.1) is 11.0 Å². The quantitative estimate of drug-likeness (QED) is 0.368. The van der Waals surface area contributed by atoms with E-state index in [4.69, 9.17) is 0 Å². The summed E-state index contributed by atoms with van der Waals surface area (Å²) in [7, 11) is 0. The van der Waals surface area contributed by atoms with Crippen molar-refractivity contribution in [2.24, 2.45) is 0 Å². The summed E-state index contributed by atoms with van der Waals surface area (Å²) in [5.74, 6) is 0. The molecule has 20 heavy (non-hydrogen) atoms. The lowest BCUT2D eigenvalue weighted by atomic mass is 10.1. The number of nitro benzene ring substituents is 1. The summed E-state index contributed by atoms with van der Waals surface area (Å²) in [4.78, 5) is 11.4. The lowest BCUT2D eigenvalue weighted by Gasteiger charge is -2.04. The molecule has 3 unspecified atom stereocenters. The van der Waals surface area contributed by atoms with Gasteiger partial charge in [0.1, 0.15) is 4.90 Å². The third kappa shape index (κ3) is 2.42. The fourth-order valence-corrected chi connectivity index (χ4v) is 3.58. The molecule has 0 spiro atoms. The van der Waals surface area contributed by atoms with E-state index >= 15 is 0 Å². The summed E-state index contributed by atoms with van der Waals surface area (Å²) >= 11 is 1.47. The number of nitrogens with zero attached hydrogens (tertiary/aromatic N) is 2. The van der Waals surface area contributed by atoms with Crippen molar-refractivity contribution in [1.82, 2.24) is 4.31 Å². The zero-order valence-corrected chi connectivity index (χ0v) is 11.8. The molecule has 0 amide bonds. The van der Waals surface area contributed by atoms with Gasteiger partial charge in [-0.05, 0) is 30.5 Å². The average molecular weight is 286 g/mol. The normalized spacial score (nSPS) is 24.4. The Labute approximate surface area is 121 Å². The van der Waals surface area contributed by atoms with E-state index in [1.165, 1.54) is 17.5 Å². The highest BCUT2D eigenvalue weighted by Crippen LogP contribution is 2.51. The van der Waals surface area contributed by atoms with Gasteiger partial charge in [-0.1, -0.05) is 42.5 Å². The maximum absolute atomic E-state index is 11.0. The second-order valence-corrected chi connectivity index (χ2v) is 5.82. The molecule has 0 bridgehead atoms. The standard InChI is InChI=1S/C15H14N2O2S/c1-11-15(12-7-3-2-4-8-12)16(11)20-14-10-6-5-9-13(14)17(18)19/h2-11,15H,1H3. The van der Waals surface area contributed by atoms with E-state index in [0.717, 1.165) is 0 Å². The Morgan fingerprint density at radius 1 is 1.10 bits per heavy atom. The van der Waals surface area contributed by atoms with E-state index in [0.29, 0.717) is 17.0 Å². The topological polar surface area (TPSA) is 46.1 Å². The lowest BCUT2D eigenvalue weighted by molar-refractivity contribution is -0.387. The third-order valence-corrected chi connectivity index (χ3v) is 4.76. The van der Waals surface area contributed by atoms with Crippen LogP contribution in [0.25, 0.3) is 0 Å². The van der Waals surface area contributed by atoms with Crippen LogP contribution < -0.4 is 0 Å². The second kappa shape index (κ2) is 5.26. The van der Waals surface area contributed by atoms with Crippen LogP contribution in [-0.2, 0) is 0 Å². The molecule has 3 atom stereocenters. The first-order valence-corrected chi connectivity index (χ1v) is 7.20. The van der Waals surface area contributed by atoms with Crippen LogP contribution in [0.5, 0.6) is 0 Å². The molecule has 0 saturated carbocycles. The fourth-order valence-electron chi connectivity index (χ4n) is 2.34. The number of benzene rings is 2. The molecule has 0 N–H and O–H groups in total. The first-order valence-electron chi connectivity index (χ1n) is 6.43. The molecule has 0 radical (unpaired) electrons. The molecular weight excluding hydrogens is 272 g/mol. The van der Waals surface area contributed by atoms with Crippen molar-refractivity contribution in [2.45, 2.75) is 23.9 Å². The SMILES string of the molecule is CC1C(c2ccccc2)N1Sc1ccccc1[N+](=O)[O-]. The Hall–Kier alpha value is -1.85. The van der Waals surface area contributed by atoms with Gasteiger partial charge in [0.25, 0.3) is 5.69 Å². The van der Waals surface area contributed by atoms with Gasteiger partial charge in [-0.15, -0.1) is 0 Å². The van der Waals surface area contributed by atoms with Crippen LogP contribution in [0.2, 0.25) is 0 Å². The molecule has 1 aliphatic rings. The summed E-state index contributed by atoms with van der Waals surface area (Å²) in [5.41, 5.74) is 1.43. The zero-order chi connectivity index (χ0) is 14.1. The Morgan fingerprint density at radius 2 is 1.75 bits per heavy atom. The van der Waals surface area contributed by atoms with E-state index in [2.05, 4.69) is 23.4 Å². The largest absolute Gasteiger partial charge is 0.284 e. The molecule has 2 aromatic rings. The fraction of sp³-hybridized carbons (Fsp3) is 0.200. The molecule has 1 heterocycles. The molecule has 3 rings (SSSR count). The number of hydrogen-bond donors (Lipinski definition) is 0. The van der Waals surface area contributed by atoms with Crippen molar-refractivity contribution in [2.75, 3.05) is 0 Å². The van der Waals surface area contributed by atoms with E-state index in [-0.39, 0.29) is 10.6 Å². The van der Waals surface area contributed by atoms with Gasteiger partial charge >= 0.3 is 0 Å². The minimum atomic E-state index is -0.325. The number of hydrogen-bond acceptors (Lipinski definition) is 4. The number of rotatable bonds is 4. The minimum absolute atomic E-state index is 0.170. The van der Waals surface area contributed by atoms with Crippen LogP contribution in [0, 0.1) is 10.1 Å². The first-order chi connectivity index (χ1) is 9.68. The Morgan fingerprint density at radius 3 is 2.45 bits per heavy atom. The Bertz CT molecular complexity index is 633. The third-order valence-electron chi connectivity index (χ3n) is 3.45. The molecule has 4 nitrogen and oxygen atoms in total. The number of nitro groups is 1. The Balaban J connectivity index is 1.79. The van der Waals surface area contributed by atoms with Crippen LogP contribution in [0.3, 0.4) is 0 Å². The smallest absolute Gasteiger partial charge is 0.258 e. The van der Waals surface area contributed by atoms with Crippen LogP contribution in [0.1, 0.15) is 18.5 Å². The second-order valence-electron chi connectivity index (χ2n) is 4.77. The summed E-state index contributed by atoms with van der Waals surface area (Å²) in [6, 6.07) is 17.8. The first kappa shape index (κ1) is 13.1. The highest BCUT2D eigenvalue weighted by atomic mass is 32.2. The van der Waals surface area contributed by atoms with Gasteiger partial charge in [-0.3, -0.25) is 10.1 Å². The van der Waals surface area contributed by atoms with Gasteiger partial charge in [0.15, 0.2) is 0 Å². The molecule has 1 fully saturated rings. The van der Waals surface area contributed by atoms with Crippen molar-refractivity contribution < 1.29 is 4.92 Å². The maximum Gasteiger partial charge on any atom is 0.284 e. The van der Waals surface area contributed by atoms with Gasteiger partial charge in [-0.2, -0.15) is 0 Å². The summed E-state index contributed by atoms with van der Waals surface area (Å²) < 4.78 is 2.19. The van der Waals surface area contributed by atoms with Gasteiger partial charge in [0.2, 0.25) is 0 Å². The predicted octanol–water partition coefficient (Wildman–Crippen LogP) is 4.05. The molecule has 1 aliphatic heterocycles. The van der Waals surface area contributed by atoms with Crippen molar-refractivity contribution in [3.8, 4) is 0 Å². The van der Waals surface area contributed by atoms with Crippen molar-refractivity contribution in [1.29, 1.82) is 0 Å². The molecular formula is C15H14N2O2S. The zero-order valence-electron chi connectivity index (χ0n) is 11.0. The minimum Gasteiger partial charge on any atom is -0.258 e. The lowest BCUT2D eigenvalue weighted by Crippen LogP contribution is -1.93. The van der Waals surface area contributed by atoms with Crippen molar-refractivity contribution in [3.05, 3.63) is 70.3 Å². The van der Waals surface area contributed by atoms with E-state index < -0.39 is 0 Å². The molecule has 0 aliphatic carbocycles. The highest BCUT2D eigenvalue weighted by Gasteiger charge is 2.46. The summed E-state index contributed by atoms with van der Waals surface area (Å²) in [6.07, 6.45) is 0.